The zero-order valence-electron chi connectivity index (χ0n) is 12.9. The van der Waals surface area contributed by atoms with Crippen LogP contribution in [0.4, 0.5) is 0 Å². The van der Waals surface area contributed by atoms with Gasteiger partial charge in [-0.2, -0.15) is 0 Å². The van der Waals surface area contributed by atoms with Gasteiger partial charge >= 0.3 is 0 Å². The van der Waals surface area contributed by atoms with Crippen LogP contribution in [0.25, 0.3) is 0 Å². The molecule has 4 nitrogen and oxygen atoms in total. The lowest BCUT2D eigenvalue weighted by Gasteiger charge is -2.49. The smallest absolute Gasteiger partial charge is 0.208 e. The van der Waals surface area contributed by atoms with Crippen molar-refractivity contribution in [3.8, 4) is 0 Å². The van der Waals surface area contributed by atoms with Gasteiger partial charge in [0.05, 0.1) is 12.7 Å². The van der Waals surface area contributed by atoms with E-state index in [1.54, 1.807) is 6.20 Å². The Labute approximate surface area is 121 Å². The molecule has 0 aromatic carbocycles. The minimum atomic E-state index is 0.644. The molecular weight excluding hydrogens is 250 g/mol. The molecule has 1 saturated carbocycles. The maximum atomic E-state index is 5.57. The lowest BCUT2D eigenvalue weighted by Crippen LogP contribution is -2.58. The Morgan fingerprint density at radius 1 is 1.35 bits per heavy atom. The first-order valence-electron chi connectivity index (χ1n) is 8.02. The summed E-state index contributed by atoms with van der Waals surface area (Å²) in [6, 6.07) is 1.32. The van der Waals surface area contributed by atoms with Gasteiger partial charge in [0, 0.05) is 25.2 Å². The van der Waals surface area contributed by atoms with Crippen LogP contribution in [0.1, 0.15) is 44.8 Å². The third-order valence-electron chi connectivity index (χ3n) is 4.99. The number of hydrogen-bond donors (Lipinski definition) is 1. The average Bonchev–Trinajstić information content (AvgIpc) is 2.81. The van der Waals surface area contributed by atoms with E-state index in [0.29, 0.717) is 12.1 Å². The maximum absolute atomic E-state index is 5.57. The highest BCUT2D eigenvalue weighted by atomic mass is 16.4. The molecule has 0 amide bonds. The van der Waals surface area contributed by atoms with Crippen molar-refractivity contribution in [3.05, 3.63) is 17.8 Å². The molecule has 1 saturated heterocycles. The fraction of sp³-hybridized carbons (Fsp3) is 0.812. The Kier molecular flexibility index (Phi) is 4.13. The molecule has 2 unspecified atom stereocenters. The number of nitrogens with one attached hydrogen (secondary N) is 1. The first-order chi connectivity index (χ1) is 9.63. The van der Waals surface area contributed by atoms with E-state index >= 15 is 0 Å². The molecule has 1 N–H and O–H groups in total. The van der Waals surface area contributed by atoms with Crippen LogP contribution >= 0.6 is 0 Å². The summed E-state index contributed by atoms with van der Waals surface area (Å²) >= 11 is 0. The van der Waals surface area contributed by atoms with Crippen molar-refractivity contribution in [1.82, 2.24) is 15.2 Å². The summed E-state index contributed by atoms with van der Waals surface area (Å²) in [7, 11) is 0. The van der Waals surface area contributed by atoms with Crippen LogP contribution in [0.5, 0.6) is 0 Å². The SMILES string of the molecule is Cc1cnc(CNC2C3CCCC2CN(C(C)C)C3)o1. The average molecular weight is 277 g/mol. The zero-order chi connectivity index (χ0) is 14.1. The van der Waals surface area contributed by atoms with Crippen molar-refractivity contribution in [3.63, 3.8) is 0 Å². The Morgan fingerprint density at radius 3 is 2.60 bits per heavy atom. The minimum Gasteiger partial charge on any atom is -0.445 e. The van der Waals surface area contributed by atoms with Crippen LogP contribution in [0.2, 0.25) is 0 Å². The van der Waals surface area contributed by atoms with Crippen molar-refractivity contribution >= 4 is 0 Å². The van der Waals surface area contributed by atoms with Gasteiger partial charge in [-0.25, -0.2) is 4.98 Å². The zero-order valence-corrected chi connectivity index (χ0v) is 12.9. The molecule has 2 atom stereocenters. The van der Waals surface area contributed by atoms with Gasteiger partial charge in [0.25, 0.3) is 0 Å². The standard InChI is InChI=1S/C16H27N3O/c1-11(2)19-9-13-5-4-6-14(10-19)16(13)18-8-15-17-7-12(3)20-15/h7,11,13-14,16,18H,4-6,8-10H2,1-3H3. The summed E-state index contributed by atoms with van der Waals surface area (Å²) in [5, 5.41) is 3.73. The minimum absolute atomic E-state index is 0.644. The normalized spacial score (nSPS) is 30.9. The summed E-state index contributed by atoms with van der Waals surface area (Å²) in [6.07, 6.45) is 5.93. The van der Waals surface area contributed by atoms with E-state index in [-0.39, 0.29) is 0 Å². The Hall–Kier alpha value is -0.870. The van der Waals surface area contributed by atoms with Crippen molar-refractivity contribution in [1.29, 1.82) is 0 Å². The number of rotatable bonds is 4. The summed E-state index contributed by atoms with van der Waals surface area (Å²) in [4.78, 5) is 6.95. The van der Waals surface area contributed by atoms with Gasteiger partial charge in [-0.15, -0.1) is 0 Å². The van der Waals surface area contributed by atoms with E-state index in [4.69, 9.17) is 4.42 Å². The third-order valence-corrected chi connectivity index (χ3v) is 4.99. The second-order valence-electron chi connectivity index (χ2n) is 6.77. The number of piperidine rings is 1. The molecule has 3 rings (SSSR count). The lowest BCUT2D eigenvalue weighted by atomic mass is 9.73. The van der Waals surface area contributed by atoms with Crippen molar-refractivity contribution in [2.24, 2.45) is 11.8 Å². The second kappa shape index (κ2) is 5.86. The molecule has 2 fully saturated rings. The molecule has 2 aliphatic rings. The fourth-order valence-electron chi connectivity index (χ4n) is 3.92. The molecule has 2 bridgehead atoms. The first-order valence-corrected chi connectivity index (χ1v) is 8.02. The van der Waals surface area contributed by atoms with Gasteiger partial charge in [0.15, 0.2) is 0 Å². The molecule has 2 heterocycles. The van der Waals surface area contributed by atoms with Gasteiger partial charge in [-0.3, -0.25) is 0 Å². The Morgan fingerprint density at radius 2 is 2.05 bits per heavy atom. The number of aryl methyl sites for hydroxylation is 1. The van der Waals surface area contributed by atoms with E-state index in [2.05, 4.69) is 29.0 Å². The highest BCUT2D eigenvalue weighted by molar-refractivity contribution is 4.97. The summed E-state index contributed by atoms with van der Waals surface area (Å²) < 4.78 is 5.57. The van der Waals surface area contributed by atoms with Crippen LogP contribution in [0, 0.1) is 18.8 Å². The molecule has 1 aliphatic heterocycles. The van der Waals surface area contributed by atoms with E-state index in [0.717, 1.165) is 30.0 Å². The largest absolute Gasteiger partial charge is 0.445 e. The summed E-state index contributed by atoms with van der Waals surface area (Å²) in [5.74, 6) is 3.31. The molecule has 4 heteroatoms. The molecule has 0 radical (unpaired) electrons. The van der Waals surface area contributed by atoms with Crippen LogP contribution in [-0.2, 0) is 6.54 Å². The second-order valence-corrected chi connectivity index (χ2v) is 6.77. The quantitative estimate of drug-likeness (QED) is 0.918. The molecule has 1 aliphatic carbocycles. The van der Waals surface area contributed by atoms with Gasteiger partial charge in [-0.1, -0.05) is 6.42 Å². The third kappa shape index (κ3) is 2.91. The highest BCUT2D eigenvalue weighted by Crippen LogP contribution is 2.35. The molecular formula is C16H27N3O. The molecule has 112 valence electrons. The summed E-state index contributed by atoms with van der Waals surface area (Å²) in [6.45, 7) is 9.85. The van der Waals surface area contributed by atoms with Gasteiger partial charge < -0.3 is 14.6 Å². The summed E-state index contributed by atoms with van der Waals surface area (Å²) in [5.41, 5.74) is 0. The maximum Gasteiger partial charge on any atom is 0.208 e. The predicted molar refractivity (Wildman–Crippen MR) is 79.4 cm³/mol. The van der Waals surface area contributed by atoms with Crippen molar-refractivity contribution in [2.75, 3.05) is 13.1 Å². The Bertz CT molecular complexity index is 429. The number of likely N-dealkylation sites (tertiary alicyclic amines) is 1. The van der Waals surface area contributed by atoms with E-state index in [1.807, 2.05) is 6.92 Å². The van der Waals surface area contributed by atoms with Crippen LogP contribution in [-0.4, -0.2) is 35.1 Å². The van der Waals surface area contributed by atoms with E-state index < -0.39 is 0 Å². The monoisotopic (exact) mass is 277 g/mol. The predicted octanol–water partition coefficient (Wildman–Crippen LogP) is 2.58. The Balaban J connectivity index is 1.61. The van der Waals surface area contributed by atoms with E-state index in [9.17, 15) is 0 Å². The van der Waals surface area contributed by atoms with Crippen LogP contribution in [0.3, 0.4) is 0 Å². The van der Waals surface area contributed by atoms with Crippen LogP contribution < -0.4 is 5.32 Å². The lowest BCUT2D eigenvalue weighted by molar-refractivity contribution is 0.0281. The number of oxazole rings is 1. The highest BCUT2D eigenvalue weighted by Gasteiger charge is 2.39. The fourth-order valence-corrected chi connectivity index (χ4v) is 3.92. The van der Waals surface area contributed by atoms with Crippen LogP contribution in [0.15, 0.2) is 10.6 Å². The van der Waals surface area contributed by atoms with Crippen molar-refractivity contribution < 1.29 is 4.42 Å². The number of hydrogen-bond acceptors (Lipinski definition) is 4. The number of nitrogens with zero attached hydrogens (tertiary/aromatic N) is 2. The van der Waals surface area contributed by atoms with Gasteiger partial charge in [0.1, 0.15) is 5.76 Å². The van der Waals surface area contributed by atoms with Crippen molar-refractivity contribution in [2.45, 2.75) is 58.7 Å². The molecule has 1 aromatic heterocycles. The number of aromatic nitrogens is 1. The topological polar surface area (TPSA) is 41.3 Å². The van der Waals surface area contributed by atoms with Gasteiger partial charge in [-0.05, 0) is 45.4 Å². The van der Waals surface area contributed by atoms with Gasteiger partial charge in [0.2, 0.25) is 5.89 Å². The molecule has 20 heavy (non-hydrogen) atoms. The van der Waals surface area contributed by atoms with E-state index in [1.165, 1.54) is 32.4 Å². The number of fused-ring (bicyclic) bond motifs is 2. The molecule has 1 aromatic rings. The first kappa shape index (κ1) is 14.1. The molecule has 0 spiro atoms.